The predicted molar refractivity (Wildman–Crippen MR) is 72.6 cm³/mol. The van der Waals surface area contributed by atoms with Crippen LogP contribution in [0, 0.1) is 0 Å². The quantitative estimate of drug-likeness (QED) is 0.928. The molecule has 0 aliphatic carbocycles. The summed E-state index contributed by atoms with van der Waals surface area (Å²) < 4.78 is 23.8. The first-order valence-electron chi connectivity index (χ1n) is 6.14. The molecule has 0 amide bonds. The Hall–Kier alpha value is -0.580. The van der Waals surface area contributed by atoms with Gasteiger partial charge in [0.15, 0.2) is 9.84 Å². The molecule has 1 heterocycles. The van der Waals surface area contributed by atoms with Gasteiger partial charge in [-0.3, -0.25) is 0 Å². The molecule has 0 bridgehead atoms. The van der Waals surface area contributed by atoms with Crippen molar-refractivity contribution in [1.29, 1.82) is 0 Å². The fourth-order valence-corrected chi connectivity index (χ4v) is 4.65. The van der Waals surface area contributed by atoms with Crippen LogP contribution in [0.2, 0.25) is 5.02 Å². The fraction of sp³-hybridized carbons (Fsp3) is 0.538. The first kappa shape index (κ1) is 13.8. The second kappa shape index (κ2) is 5.59. The average molecular weight is 289 g/mol. The molecule has 0 radical (unpaired) electrons. The molecule has 0 spiro atoms. The molecule has 1 saturated heterocycles. The number of aliphatic hydroxyl groups is 1. The van der Waals surface area contributed by atoms with Gasteiger partial charge >= 0.3 is 0 Å². The summed E-state index contributed by atoms with van der Waals surface area (Å²) >= 11 is 6.02. The summed E-state index contributed by atoms with van der Waals surface area (Å²) in [6, 6.07) is 7.22. The van der Waals surface area contributed by atoms with Crippen LogP contribution >= 0.6 is 11.6 Å². The molecule has 1 aromatic rings. The maximum atomic E-state index is 11.9. The van der Waals surface area contributed by atoms with Crippen LogP contribution in [0.4, 0.5) is 0 Å². The summed E-state index contributed by atoms with van der Waals surface area (Å²) in [5, 5.41) is 10.1. The van der Waals surface area contributed by atoms with Crippen LogP contribution in [0.15, 0.2) is 24.3 Å². The second-order valence-electron chi connectivity index (χ2n) is 4.76. The van der Waals surface area contributed by atoms with Crippen molar-refractivity contribution in [2.24, 2.45) is 0 Å². The monoisotopic (exact) mass is 288 g/mol. The van der Waals surface area contributed by atoms with Gasteiger partial charge in [-0.15, -0.1) is 0 Å². The topological polar surface area (TPSA) is 54.4 Å². The smallest absolute Gasteiger partial charge is 0.155 e. The summed E-state index contributed by atoms with van der Waals surface area (Å²) in [5.41, 5.74) is 0.799. The van der Waals surface area contributed by atoms with E-state index in [0.29, 0.717) is 24.3 Å². The maximum Gasteiger partial charge on any atom is 0.155 e. The minimum Gasteiger partial charge on any atom is -0.391 e. The Morgan fingerprint density at radius 1 is 1.33 bits per heavy atom. The molecule has 3 nitrogen and oxygen atoms in total. The summed E-state index contributed by atoms with van der Waals surface area (Å²) in [4.78, 5) is 0. The highest BCUT2D eigenvalue weighted by Crippen LogP contribution is 2.25. The zero-order chi connectivity index (χ0) is 13.2. The molecule has 2 rings (SSSR count). The molecule has 1 aliphatic heterocycles. The number of benzene rings is 1. The van der Waals surface area contributed by atoms with Crippen molar-refractivity contribution < 1.29 is 13.5 Å². The normalized spacial score (nSPS) is 24.7. The number of aliphatic hydroxyl groups excluding tert-OH is 1. The Kier molecular flexibility index (Phi) is 4.30. The van der Waals surface area contributed by atoms with Crippen LogP contribution in [-0.4, -0.2) is 30.6 Å². The van der Waals surface area contributed by atoms with Gasteiger partial charge in [-0.25, -0.2) is 8.42 Å². The lowest BCUT2D eigenvalue weighted by Crippen LogP contribution is -2.39. The lowest BCUT2D eigenvalue weighted by atomic mass is 10.0. The predicted octanol–water partition coefficient (Wildman–Crippen LogP) is 2.21. The summed E-state index contributed by atoms with van der Waals surface area (Å²) in [6.07, 6.45) is 1.55. The van der Waals surface area contributed by atoms with Crippen molar-refractivity contribution >= 4 is 21.4 Å². The second-order valence-corrected chi connectivity index (χ2v) is 7.51. The third kappa shape index (κ3) is 3.05. The zero-order valence-corrected chi connectivity index (χ0v) is 11.6. The van der Waals surface area contributed by atoms with Crippen molar-refractivity contribution in [1.82, 2.24) is 0 Å². The van der Waals surface area contributed by atoms with Gasteiger partial charge in [0.05, 0.1) is 17.1 Å². The van der Waals surface area contributed by atoms with Crippen LogP contribution in [0.1, 0.15) is 24.8 Å². The minimum absolute atomic E-state index is 0.192. The molecule has 18 heavy (non-hydrogen) atoms. The van der Waals surface area contributed by atoms with E-state index in [1.807, 2.05) is 18.2 Å². The number of halogens is 1. The molecular weight excluding hydrogens is 272 g/mol. The highest BCUT2D eigenvalue weighted by atomic mass is 35.5. The zero-order valence-electron chi connectivity index (χ0n) is 10.0. The summed E-state index contributed by atoms with van der Waals surface area (Å²) in [6.45, 7) is 0. The molecule has 2 unspecified atom stereocenters. The van der Waals surface area contributed by atoms with Crippen LogP contribution in [0.25, 0.3) is 0 Å². The number of hydrogen-bond acceptors (Lipinski definition) is 3. The van der Waals surface area contributed by atoms with Crippen molar-refractivity contribution in [3.8, 4) is 0 Å². The van der Waals surface area contributed by atoms with E-state index in [2.05, 4.69) is 0 Å². The molecule has 5 heteroatoms. The highest BCUT2D eigenvalue weighted by Gasteiger charge is 2.34. The molecule has 0 saturated carbocycles. The molecule has 100 valence electrons. The van der Waals surface area contributed by atoms with Gasteiger partial charge in [0.25, 0.3) is 0 Å². The fourth-order valence-electron chi connectivity index (χ4n) is 2.43. The summed E-state index contributed by atoms with van der Waals surface area (Å²) in [5.74, 6) is 0.192. The molecule has 2 atom stereocenters. The first-order chi connectivity index (χ1) is 8.50. The Balaban J connectivity index is 2.12. The number of sulfone groups is 1. The highest BCUT2D eigenvalue weighted by molar-refractivity contribution is 7.92. The van der Waals surface area contributed by atoms with Crippen molar-refractivity contribution in [2.75, 3.05) is 5.75 Å². The van der Waals surface area contributed by atoms with Crippen LogP contribution in [0.3, 0.4) is 0 Å². The van der Waals surface area contributed by atoms with Crippen LogP contribution in [-0.2, 0) is 16.3 Å². The minimum atomic E-state index is -3.15. The first-order valence-corrected chi connectivity index (χ1v) is 8.23. The van der Waals surface area contributed by atoms with E-state index >= 15 is 0 Å². The van der Waals surface area contributed by atoms with E-state index in [0.717, 1.165) is 12.0 Å². The van der Waals surface area contributed by atoms with Crippen LogP contribution < -0.4 is 0 Å². The lowest BCUT2D eigenvalue weighted by Gasteiger charge is -2.26. The Morgan fingerprint density at radius 2 is 2.06 bits per heavy atom. The Labute approximate surface area is 113 Å². The van der Waals surface area contributed by atoms with Gasteiger partial charge in [0, 0.05) is 11.4 Å². The van der Waals surface area contributed by atoms with E-state index in [4.69, 9.17) is 11.6 Å². The van der Waals surface area contributed by atoms with Crippen molar-refractivity contribution in [3.05, 3.63) is 34.9 Å². The van der Waals surface area contributed by atoms with Gasteiger partial charge in [0.1, 0.15) is 0 Å². The molecule has 1 fully saturated rings. The largest absolute Gasteiger partial charge is 0.391 e. The Morgan fingerprint density at radius 3 is 2.72 bits per heavy atom. The standard InChI is InChI=1S/C13H17ClO3S/c14-11-6-2-1-5-10(11)9-12(15)13-7-3-4-8-18(13,16)17/h1-2,5-6,12-13,15H,3-4,7-9H2. The van der Waals surface area contributed by atoms with E-state index in [1.165, 1.54) is 0 Å². The third-order valence-corrected chi connectivity index (χ3v) is 6.14. The van der Waals surface area contributed by atoms with Crippen molar-refractivity contribution in [3.63, 3.8) is 0 Å². The molecular formula is C13H17ClO3S. The van der Waals surface area contributed by atoms with Gasteiger partial charge in [-0.2, -0.15) is 0 Å². The summed E-state index contributed by atoms with van der Waals surface area (Å²) in [7, 11) is -3.15. The molecule has 1 aromatic carbocycles. The third-order valence-electron chi connectivity index (χ3n) is 3.44. The van der Waals surface area contributed by atoms with E-state index in [1.54, 1.807) is 6.07 Å². The van der Waals surface area contributed by atoms with Crippen LogP contribution in [0.5, 0.6) is 0 Å². The van der Waals surface area contributed by atoms with E-state index in [9.17, 15) is 13.5 Å². The lowest BCUT2D eigenvalue weighted by molar-refractivity contribution is 0.162. The van der Waals surface area contributed by atoms with E-state index in [-0.39, 0.29) is 5.75 Å². The molecule has 1 aliphatic rings. The van der Waals surface area contributed by atoms with Gasteiger partial charge < -0.3 is 5.11 Å². The number of hydrogen-bond donors (Lipinski definition) is 1. The van der Waals surface area contributed by atoms with Gasteiger partial charge in [-0.1, -0.05) is 36.2 Å². The average Bonchev–Trinajstić information content (AvgIpc) is 2.31. The Bertz CT molecular complexity index is 513. The SMILES string of the molecule is O=S1(=O)CCCCC1C(O)Cc1ccccc1Cl. The van der Waals surface area contributed by atoms with Gasteiger partial charge in [-0.05, 0) is 24.5 Å². The number of rotatable bonds is 3. The van der Waals surface area contributed by atoms with E-state index < -0.39 is 21.2 Å². The van der Waals surface area contributed by atoms with Gasteiger partial charge in [0.2, 0.25) is 0 Å². The maximum absolute atomic E-state index is 11.9. The van der Waals surface area contributed by atoms with Crippen molar-refractivity contribution in [2.45, 2.75) is 37.0 Å². The molecule has 1 N–H and O–H groups in total. The molecule has 0 aromatic heterocycles.